The highest BCUT2D eigenvalue weighted by Gasteiger charge is 2.32. The molecule has 0 radical (unpaired) electrons. The van der Waals surface area contributed by atoms with Gasteiger partial charge in [-0.3, -0.25) is 9.48 Å². The zero-order valence-electron chi connectivity index (χ0n) is 16.2. The number of methoxy groups -OCH3 is 1. The molecule has 3 rings (SSSR count). The van der Waals surface area contributed by atoms with E-state index in [0.717, 1.165) is 16.8 Å². The molecule has 1 aliphatic heterocycles. The third-order valence-electron chi connectivity index (χ3n) is 4.79. The number of rotatable bonds is 6. The van der Waals surface area contributed by atoms with Crippen molar-refractivity contribution in [3.63, 3.8) is 0 Å². The topological polar surface area (TPSA) is 65.4 Å². The number of nitrogens with zero attached hydrogens (tertiary/aromatic N) is 2. The summed E-state index contributed by atoms with van der Waals surface area (Å²) < 4.78 is 26.1. The molecule has 0 bridgehead atoms. The summed E-state index contributed by atoms with van der Waals surface area (Å²) in [5.74, 6) is -0.442. The Labute approximate surface area is 158 Å². The number of amides is 1. The monoisotopic (exact) mass is 375 g/mol. The van der Waals surface area contributed by atoms with Gasteiger partial charge in [-0.1, -0.05) is 12.1 Å². The van der Waals surface area contributed by atoms with Crippen LogP contribution in [0.4, 0.5) is 4.39 Å². The number of hydrogen-bond acceptors (Lipinski definition) is 4. The van der Waals surface area contributed by atoms with Gasteiger partial charge in [0.15, 0.2) is 0 Å². The van der Waals surface area contributed by atoms with Crippen LogP contribution in [0.15, 0.2) is 18.2 Å². The lowest BCUT2D eigenvalue weighted by atomic mass is 9.99. The number of fused-ring (bicyclic) bond motifs is 1. The maximum Gasteiger partial charge on any atom is 0.270 e. The number of carbonyl (C=O) groups is 1. The lowest BCUT2D eigenvalue weighted by Crippen LogP contribution is -2.29. The first-order valence-electron chi connectivity index (χ1n) is 9.18. The first-order valence-corrected chi connectivity index (χ1v) is 9.18. The van der Waals surface area contributed by atoms with E-state index in [1.54, 1.807) is 30.8 Å². The van der Waals surface area contributed by atoms with Crippen LogP contribution < -0.4 is 5.32 Å². The Morgan fingerprint density at radius 1 is 1.44 bits per heavy atom. The molecule has 2 heterocycles. The van der Waals surface area contributed by atoms with E-state index in [-0.39, 0.29) is 23.9 Å². The van der Waals surface area contributed by atoms with Gasteiger partial charge in [-0.25, -0.2) is 4.39 Å². The van der Waals surface area contributed by atoms with Crippen molar-refractivity contribution in [2.45, 2.75) is 52.5 Å². The second kappa shape index (κ2) is 8.19. The fourth-order valence-corrected chi connectivity index (χ4v) is 3.47. The number of carbonyl (C=O) groups excluding carboxylic acids is 1. The molecule has 0 unspecified atom stereocenters. The molecule has 1 aromatic heterocycles. The van der Waals surface area contributed by atoms with Gasteiger partial charge >= 0.3 is 0 Å². The van der Waals surface area contributed by atoms with Gasteiger partial charge in [0.1, 0.15) is 11.5 Å². The summed E-state index contributed by atoms with van der Waals surface area (Å²) >= 11 is 0. The number of hydrogen-bond donors (Lipinski definition) is 1. The molecule has 27 heavy (non-hydrogen) atoms. The van der Waals surface area contributed by atoms with E-state index < -0.39 is 0 Å². The second-order valence-corrected chi connectivity index (χ2v) is 6.99. The molecule has 146 valence electrons. The van der Waals surface area contributed by atoms with Crippen LogP contribution in [0, 0.1) is 12.7 Å². The molecule has 1 amide bonds. The summed E-state index contributed by atoms with van der Waals surface area (Å²) in [4.78, 5) is 13.0. The number of halogens is 1. The highest BCUT2D eigenvalue weighted by molar-refractivity contribution is 5.94. The Kier molecular flexibility index (Phi) is 5.92. The molecular weight excluding hydrogens is 349 g/mol. The van der Waals surface area contributed by atoms with Crippen molar-refractivity contribution < 1.29 is 18.7 Å². The van der Waals surface area contributed by atoms with Crippen LogP contribution in [0.3, 0.4) is 0 Å². The fourth-order valence-electron chi connectivity index (χ4n) is 3.47. The van der Waals surface area contributed by atoms with E-state index in [2.05, 4.69) is 10.4 Å². The van der Waals surface area contributed by atoms with Gasteiger partial charge in [-0.2, -0.15) is 5.10 Å². The van der Waals surface area contributed by atoms with E-state index in [1.165, 1.54) is 6.07 Å². The van der Waals surface area contributed by atoms with Gasteiger partial charge in [0.25, 0.3) is 5.91 Å². The maximum atomic E-state index is 13.4. The second-order valence-electron chi connectivity index (χ2n) is 6.99. The molecule has 0 spiro atoms. The van der Waals surface area contributed by atoms with Gasteiger partial charge in [0, 0.05) is 25.6 Å². The summed E-state index contributed by atoms with van der Waals surface area (Å²) in [5.41, 5.74) is 3.72. The van der Waals surface area contributed by atoms with Crippen LogP contribution in [0.2, 0.25) is 0 Å². The van der Waals surface area contributed by atoms with Gasteiger partial charge in [0.05, 0.1) is 31.1 Å². The zero-order valence-corrected chi connectivity index (χ0v) is 16.2. The highest BCUT2D eigenvalue weighted by Crippen LogP contribution is 2.31. The van der Waals surface area contributed by atoms with Crippen molar-refractivity contribution in [1.29, 1.82) is 0 Å². The average Bonchev–Trinajstić information content (AvgIpc) is 2.99. The van der Waals surface area contributed by atoms with E-state index in [4.69, 9.17) is 9.47 Å². The number of aromatic nitrogens is 2. The highest BCUT2D eigenvalue weighted by atomic mass is 19.1. The summed E-state index contributed by atoms with van der Waals surface area (Å²) in [6.07, 6.45) is 0.517. The predicted octanol–water partition coefficient (Wildman–Crippen LogP) is 2.93. The van der Waals surface area contributed by atoms with Gasteiger partial charge < -0.3 is 14.8 Å². The molecule has 1 aliphatic rings. The van der Waals surface area contributed by atoms with Crippen LogP contribution in [0.1, 0.15) is 52.8 Å². The Bertz CT molecular complexity index is 834. The third kappa shape index (κ3) is 4.20. The van der Waals surface area contributed by atoms with Crippen LogP contribution in [-0.2, 0) is 29.0 Å². The molecule has 0 fully saturated rings. The largest absolute Gasteiger partial charge is 0.383 e. The summed E-state index contributed by atoms with van der Waals surface area (Å²) in [5, 5.41) is 7.55. The SMILES string of the molecule is COCCn1nc2c(c1C(=O)NCc1ccc(F)c(C)c1)C[C@H](C)O[C@@H]2C. The van der Waals surface area contributed by atoms with Gasteiger partial charge in [-0.05, 0) is 38.0 Å². The van der Waals surface area contributed by atoms with E-state index in [9.17, 15) is 9.18 Å². The Morgan fingerprint density at radius 3 is 2.93 bits per heavy atom. The Morgan fingerprint density at radius 2 is 2.22 bits per heavy atom. The van der Waals surface area contributed by atoms with Crippen molar-refractivity contribution >= 4 is 5.91 Å². The van der Waals surface area contributed by atoms with Gasteiger partial charge in [-0.15, -0.1) is 0 Å². The minimum absolute atomic E-state index is 0.0267. The van der Waals surface area contributed by atoms with E-state index in [0.29, 0.717) is 37.4 Å². The van der Waals surface area contributed by atoms with Crippen molar-refractivity contribution in [3.05, 3.63) is 52.1 Å². The van der Waals surface area contributed by atoms with E-state index in [1.807, 2.05) is 13.8 Å². The minimum atomic E-state index is -0.250. The molecule has 6 nitrogen and oxygen atoms in total. The van der Waals surface area contributed by atoms with Crippen LogP contribution >= 0.6 is 0 Å². The summed E-state index contributed by atoms with van der Waals surface area (Å²) in [6, 6.07) is 4.84. The number of benzene rings is 1. The minimum Gasteiger partial charge on any atom is -0.383 e. The van der Waals surface area contributed by atoms with Crippen LogP contribution in [-0.4, -0.2) is 35.5 Å². The Hall–Kier alpha value is -2.25. The normalized spacial score (nSPS) is 19.0. The number of ether oxygens (including phenoxy) is 2. The Balaban J connectivity index is 1.84. The zero-order chi connectivity index (χ0) is 19.6. The fraction of sp³-hybridized carbons (Fsp3) is 0.500. The standard InChI is InChI=1S/C20H26FN3O3/c1-12-9-15(5-6-17(12)21)11-22-20(25)19-16-10-13(2)27-14(3)18(16)23-24(19)7-8-26-4/h5-6,9,13-14H,7-8,10-11H2,1-4H3,(H,22,25)/t13-,14+/m0/s1. The van der Waals surface area contributed by atoms with Crippen molar-refractivity contribution in [2.75, 3.05) is 13.7 Å². The van der Waals surface area contributed by atoms with Crippen molar-refractivity contribution in [3.8, 4) is 0 Å². The predicted molar refractivity (Wildman–Crippen MR) is 99.1 cm³/mol. The lowest BCUT2D eigenvalue weighted by molar-refractivity contribution is -0.00716. The van der Waals surface area contributed by atoms with Gasteiger partial charge in [0.2, 0.25) is 0 Å². The molecule has 2 aromatic rings. The summed E-state index contributed by atoms with van der Waals surface area (Å²) in [7, 11) is 1.62. The molecule has 0 saturated heterocycles. The molecule has 0 aliphatic carbocycles. The molecule has 1 N–H and O–H groups in total. The first kappa shape index (κ1) is 19.5. The maximum absolute atomic E-state index is 13.4. The van der Waals surface area contributed by atoms with Crippen LogP contribution in [0.5, 0.6) is 0 Å². The molecule has 2 atom stereocenters. The van der Waals surface area contributed by atoms with Crippen LogP contribution in [0.25, 0.3) is 0 Å². The summed E-state index contributed by atoms with van der Waals surface area (Å²) in [6.45, 7) is 6.93. The molecule has 0 saturated carbocycles. The number of aryl methyl sites for hydroxylation is 1. The lowest BCUT2D eigenvalue weighted by Gasteiger charge is -2.24. The molecule has 1 aromatic carbocycles. The third-order valence-corrected chi connectivity index (χ3v) is 4.79. The smallest absolute Gasteiger partial charge is 0.270 e. The first-order chi connectivity index (χ1) is 12.9. The molecule has 7 heteroatoms. The molecular formula is C20H26FN3O3. The van der Waals surface area contributed by atoms with E-state index >= 15 is 0 Å². The van der Waals surface area contributed by atoms with Crippen molar-refractivity contribution in [2.24, 2.45) is 0 Å². The quantitative estimate of drug-likeness (QED) is 0.843. The average molecular weight is 375 g/mol. The number of nitrogens with one attached hydrogen (secondary N) is 1. The van der Waals surface area contributed by atoms with Crippen molar-refractivity contribution in [1.82, 2.24) is 15.1 Å².